The summed E-state index contributed by atoms with van der Waals surface area (Å²) in [6, 6.07) is 5.98. The maximum atomic E-state index is 11.8. The molecule has 2 fully saturated rings. The molecule has 0 aromatic carbocycles. The number of likely N-dealkylation sites (tertiary alicyclic amines) is 1. The monoisotopic (exact) mass is 482 g/mol. The number of carbonyl (C=O) groups excluding carboxylic acids is 1. The largest absolute Gasteiger partial charge is 0.393 e. The Bertz CT molecular complexity index is 1100. The zero-order chi connectivity index (χ0) is 23.3. The molecule has 0 radical (unpaired) electrons. The molecule has 34 heavy (non-hydrogen) atoms. The van der Waals surface area contributed by atoms with Gasteiger partial charge in [0.2, 0.25) is 11.9 Å². The van der Waals surface area contributed by atoms with Crippen molar-refractivity contribution >= 4 is 44.5 Å². The Balaban J connectivity index is 1.27. The standard InChI is InChI=1S/C23H30N8O2S/c32-17-7-5-15(6-8-17)26-22-27-16(14-24-10-12-31-11-2-4-20(31)33)13-19(29-22)30-23-28-18-3-1-9-25-21(18)34-23/h1,3,9,13,15,17,24,32H,2,4-8,10-12,14H2,(H2,26,27,28,29,30). The molecule has 1 aliphatic heterocycles. The molecule has 2 aliphatic rings. The first kappa shape index (κ1) is 22.9. The van der Waals surface area contributed by atoms with Gasteiger partial charge in [-0.3, -0.25) is 4.79 Å². The molecule has 1 saturated carbocycles. The lowest BCUT2D eigenvalue weighted by molar-refractivity contribution is -0.127. The van der Waals surface area contributed by atoms with E-state index < -0.39 is 0 Å². The van der Waals surface area contributed by atoms with Crippen LogP contribution in [0, 0.1) is 0 Å². The van der Waals surface area contributed by atoms with Crippen molar-refractivity contribution < 1.29 is 9.90 Å². The van der Waals surface area contributed by atoms with E-state index in [0.29, 0.717) is 37.8 Å². The molecule has 3 aromatic rings. The highest BCUT2D eigenvalue weighted by Gasteiger charge is 2.21. The van der Waals surface area contributed by atoms with E-state index in [0.717, 1.165) is 59.8 Å². The number of hydrogen-bond donors (Lipinski definition) is 4. The van der Waals surface area contributed by atoms with Crippen LogP contribution in [0.3, 0.4) is 0 Å². The van der Waals surface area contributed by atoms with E-state index in [1.165, 1.54) is 11.3 Å². The molecule has 180 valence electrons. The number of hydrogen-bond acceptors (Lipinski definition) is 10. The number of carbonyl (C=O) groups is 1. The van der Waals surface area contributed by atoms with Crippen molar-refractivity contribution in [2.75, 3.05) is 30.3 Å². The summed E-state index contributed by atoms with van der Waals surface area (Å²) in [5, 5.41) is 20.7. The van der Waals surface area contributed by atoms with E-state index in [4.69, 9.17) is 4.98 Å². The molecular formula is C23H30N8O2S. The molecule has 1 aliphatic carbocycles. The number of anilines is 3. The van der Waals surface area contributed by atoms with E-state index >= 15 is 0 Å². The summed E-state index contributed by atoms with van der Waals surface area (Å²) in [7, 11) is 0. The lowest BCUT2D eigenvalue weighted by Crippen LogP contribution is -2.33. The van der Waals surface area contributed by atoms with Gasteiger partial charge in [-0.25, -0.2) is 15.0 Å². The summed E-state index contributed by atoms with van der Waals surface area (Å²) in [6.07, 6.45) is 6.53. The van der Waals surface area contributed by atoms with Gasteiger partial charge in [-0.15, -0.1) is 0 Å². The molecule has 10 nitrogen and oxygen atoms in total. The van der Waals surface area contributed by atoms with Crippen molar-refractivity contribution in [3.63, 3.8) is 0 Å². The van der Waals surface area contributed by atoms with Crippen molar-refractivity contribution in [1.82, 2.24) is 30.2 Å². The molecule has 1 saturated heterocycles. The molecule has 3 aromatic heterocycles. The number of rotatable bonds is 9. The highest BCUT2D eigenvalue weighted by atomic mass is 32.1. The summed E-state index contributed by atoms with van der Waals surface area (Å²) in [5.41, 5.74) is 1.70. The number of amides is 1. The van der Waals surface area contributed by atoms with Crippen LogP contribution in [0.2, 0.25) is 0 Å². The smallest absolute Gasteiger partial charge is 0.225 e. The van der Waals surface area contributed by atoms with Gasteiger partial charge < -0.3 is 26.0 Å². The number of aliphatic hydroxyl groups excluding tert-OH is 1. The number of aliphatic hydroxyl groups is 1. The molecule has 1 amide bonds. The molecule has 0 spiro atoms. The highest BCUT2D eigenvalue weighted by molar-refractivity contribution is 7.21. The van der Waals surface area contributed by atoms with E-state index in [1.807, 2.05) is 23.1 Å². The summed E-state index contributed by atoms with van der Waals surface area (Å²) >= 11 is 1.48. The molecule has 4 N–H and O–H groups in total. The number of thiazole rings is 1. The summed E-state index contributed by atoms with van der Waals surface area (Å²) in [6.45, 7) is 2.84. The van der Waals surface area contributed by atoms with Crippen LogP contribution in [0.15, 0.2) is 24.4 Å². The second-order valence-electron chi connectivity index (χ2n) is 8.85. The lowest BCUT2D eigenvalue weighted by atomic mass is 9.93. The minimum Gasteiger partial charge on any atom is -0.393 e. The van der Waals surface area contributed by atoms with E-state index in [9.17, 15) is 9.90 Å². The quantitative estimate of drug-likeness (QED) is 0.340. The molecule has 0 bridgehead atoms. The topological polar surface area (TPSA) is 128 Å². The van der Waals surface area contributed by atoms with E-state index in [2.05, 4.69) is 30.9 Å². The van der Waals surface area contributed by atoms with Crippen molar-refractivity contribution in [3.8, 4) is 0 Å². The Labute approximate surface area is 202 Å². The first-order valence-electron chi connectivity index (χ1n) is 11.9. The number of aromatic nitrogens is 4. The Morgan fingerprint density at radius 1 is 1.18 bits per heavy atom. The Morgan fingerprint density at radius 2 is 2.06 bits per heavy atom. The number of fused-ring (bicyclic) bond motifs is 1. The van der Waals surface area contributed by atoms with Crippen LogP contribution in [0.4, 0.5) is 16.9 Å². The Morgan fingerprint density at radius 3 is 2.85 bits per heavy atom. The van der Waals surface area contributed by atoms with Crippen molar-refractivity contribution in [2.24, 2.45) is 0 Å². The van der Waals surface area contributed by atoms with Gasteiger partial charge in [-0.2, -0.15) is 4.98 Å². The minimum atomic E-state index is -0.207. The van der Waals surface area contributed by atoms with Crippen LogP contribution in [0.25, 0.3) is 10.3 Å². The summed E-state index contributed by atoms with van der Waals surface area (Å²) in [4.78, 5) is 33.0. The fraction of sp³-hybridized carbons (Fsp3) is 0.522. The second-order valence-corrected chi connectivity index (χ2v) is 9.83. The van der Waals surface area contributed by atoms with Gasteiger partial charge in [0.25, 0.3) is 0 Å². The maximum absolute atomic E-state index is 11.8. The average molecular weight is 483 g/mol. The van der Waals surface area contributed by atoms with Gasteiger partial charge in [0.05, 0.1) is 11.8 Å². The SMILES string of the molecule is O=C1CCCN1CCNCc1cc(Nc2nc3cccnc3s2)nc(NC2CCC(O)CC2)n1. The van der Waals surface area contributed by atoms with Gasteiger partial charge in [0.15, 0.2) is 5.13 Å². The van der Waals surface area contributed by atoms with E-state index in [1.54, 1.807) is 6.20 Å². The van der Waals surface area contributed by atoms with Gasteiger partial charge in [-0.05, 0) is 44.2 Å². The molecular weight excluding hydrogens is 452 g/mol. The third-order valence-electron chi connectivity index (χ3n) is 6.25. The van der Waals surface area contributed by atoms with Crippen molar-refractivity contribution in [1.29, 1.82) is 0 Å². The van der Waals surface area contributed by atoms with Gasteiger partial charge in [-0.1, -0.05) is 11.3 Å². The third kappa shape index (κ3) is 5.78. The van der Waals surface area contributed by atoms with Crippen LogP contribution in [0.5, 0.6) is 0 Å². The predicted octanol–water partition coefficient (Wildman–Crippen LogP) is 2.65. The van der Waals surface area contributed by atoms with Crippen LogP contribution in [-0.2, 0) is 11.3 Å². The third-order valence-corrected chi connectivity index (χ3v) is 7.14. The van der Waals surface area contributed by atoms with Crippen LogP contribution in [-0.4, -0.2) is 67.6 Å². The molecule has 11 heteroatoms. The highest BCUT2D eigenvalue weighted by Crippen LogP contribution is 2.27. The number of nitrogens with one attached hydrogen (secondary N) is 3. The normalized spacial score (nSPS) is 20.7. The zero-order valence-electron chi connectivity index (χ0n) is 19.0. The first-order chi connectivity index (χ1) is 16.6. The molecule has 5 rings (SSSR count). The van der Waals surface area contributed by atoms with Gasteiger partial charge >= 0.3 is 0 Å². The fourth-order valence-corrected chi connectivity index (χ4v) is 5.24. The van der Waals surface area contributed by atoms with Crippen LogP contribution < -0.4 is 16.0 Å². The minimum absolute atomic E-state index is 0.207. The van der Waals surface area contributed by atoms with Crippen molar-refractivity contribution in [3.05, 3.63) is 30.1 Å². The maximum Gasteiger partial charge on any atom is 0.225 e. The van der Waals surface area contributed by atoms with Gasteiger partial charge in [0, 0.05) is 50.9 Å². The first-order valence-corrected chi connectivity index (χ1v) is 12.7. The molecule has 0 atom stereocenters. The lowest BCUT2D eigenvalue weighted by Gasteiger charge is -2.26. The van der Waals surface area contributed by atoms with Crippen LogP contribution >= 0.6 is 11.3 Å². The zero-order valence-corrected chi connectivity index (χ0v) is 19.9. The Kier molecular flexibility index (Phi) is 7.12. The fourth-order valence-electron chi connectivity index (χ4n) is 4.42. The molecule has 4 heterocycles. The number of pyridine rings is 1. The molecule has 0 unspecified atom stereocenters. The predicted molar refractivity (Wildman–Crippen MR) is 132 cm³/mol. The summed E-state index contributed by atoms with van der Waals surface area (Å²) < 4.78 is 0. The average Bonchev–Trinajstić information content (AvgIpc) is 3.43. The van der Waals surface area contributed by atoms with Crippen molar-refractivity contribution in [2.45, 2.75) is 57.2 Å². The van der Waals surface area contributed by atoms with Gasteiger partial charge in [0.1, 0.15) is 16.2 Å². The second kappa shape index (κ2) is 10.6. The Hall–Kier alpha value is -2.89. The number of nitrogens with zero attached hydrogens (tertiary/aromatic N) is 5. The van der Waals surface area contributed by atoms with Crippen LogP contribution in [0.1, 0.15) is 44.2 Å². The van der Waals surface area contributed by atoms with E-state index in [-0.39, 0.29) is 18.1 Å². The summed E-state index contributed by atoms with van der Waals surface area (Å²) in [5.74, 6) is 1.47.